The number of sulfonamides is 1. The van der Waals surface area contributed by atoms with Gasteiger partial charge in [0.2, 0.25) is 10.0 Å². The van der Waals surface area contributed by atoms with Gasteiger partial charge in [0.25, 0.3) is 5.91 Å². The molecule has 218 valence electrons. The quantitative estimate of drug-likeness (QED) is 0.443. The van der Waals surface area contributed by atoms with Gasteiger partial charge in [0, 0.05) is 31.2 Å². The number of carbonyl (C=O) groups excluding carboxylic acids is 2. The number of benzene rings is 2. The van der Waals surface area contributed by atoms with Crippen LogP contribution in [0.4, 0.5) is 10.5 Å². The maximum Gasteiger partial charge on any atom is 0.319 e. The second kappa shape index (κ2) is 13.0. The van der Waals surface area contributed by atoms with Crippen LogP contribution >= 0.6 is 0 Å². The van der Waals surface area contributed by atoms with Crippen molar-refractivity contribution in [2.75, 3.05) is 32.1 Å². The first-order valence-electron chi connectivity index (χ1n) is 13.9. The van der Waals surface area contributed by atoms with E-state index in [4.69, 9.17) is 4.74 Å². The SMILES string of the molecule is C[C@@H]1CN([C@H](C)CO)C(=O)c2cc(NC(=O)NC3CCCCC3)ccc2O[C@@H]1CN(C)S(=O)(=O)c1ccccc1. The average Bonchev–Trinajstić information content (AvgIpc) is 2.95. The van der Waals surface area contributed by atoms with Gasteiger partial charge in [-0.05, 0) is 50.1 Å². The zero-order chi connectivity index (χ0) is 28.9. The number of amides is 3. The van der Waals surface area contributed by atoms with Crippen LogP contribution in [0, 0.1) is 5.92 Å². The summed E-state index contributed by atoms with van der Waals surface area (Å²) in [4.78, 5) is 28.1. The van der Waals surface area contributed by atoms with Crippen molar-refractivity contribution in [2.45, 2.75) is 69.0 Å². The number of hydrogen-bond donors (Lipinski definition) is 3. The van der Waals surface area contributed by atoms with Crippen LogP contribution < -0.4 is 15.4 Å². The molecule has 2 aromatic carbocycles. The van der Waals surface area contributed by atoms with Crippen LogP contribution in [0.2, 0.25) is 0 Å². The zero-order valence-electron chi connectivity index (χ0n) is 23.4. The third kappa shape index (κ3) is 6.94. The molecule has 0 spiro atoms. The van der Waals surface area contributed by atoms with Crippen molar-refractivity contribution in [1.29, 1.82) is 0 Å². The summed E-state index contributed by atoms with van der Waals surface area (Å²) >= 11 is 0. The van der Waals surface area contributed by atoms with Crippen LogP contribution in [0.1, 0.15) is 56.3 Å². The van der Waals surface area contributed by atoms with E-state index < -0.39 is 22.2 Å². The van der Waals surface area contributed by atoms with Crippen LogP contribution in [0.15, 0.2) is 53.4 Å². The number of nitrogens with zero attached hydrogens (tertiary/aromatic N) is 2. The fourth-order valence-corrected chi connectivity index (χ4v) is 6.45. The van der Waals surface area contributed by atoms with Gasteiger partial charge in [-0.3, -0.25) is 4.79 Å². The molecule has 0 aromatic heterocycles. The monoisotopic (exact) mass is 572 g/mol. The minimum atomic E-state index is -3.76. The predicted molar refractivity (Wildman–Crippen MR) is 153 cm³/mol. The molecule has 1 aliphatic heterocycles. The van der Waals surface area contributed by atoms with E-state index in [0.717, 1.165) is 25.7 Å². The molecule has 1 fully saturated rings. The molecule has 2 aromatic rings. The minimum Gasteiger partial charge on any atom is -0.488 e. The van der Waals surface area contributed by atoms with Crippen molar-refractivity contribution < 1.29 is 27.9 Å². The first-order valence-corrected chi connectivity index (χ1v) is 15.4. The molecular weight excluding hydrogens is 532 g/mol. The molecule has 1 heterocycles. The number of rotatable bonds is 8. The molecule has 0 unspecified atom stereocenters. The van der Waals surface area contributed by atoms with Crippen LogP contribution in [0.5, 0.6) is 5.75 Å². The van der Waals surface area contributed by atoms with Gasteiger partial charge in [0.1, 0.15) is 11.9 Å². The van der Waals surface area contributed by atoms with Crippen LogP contribution in [0.25, 0.3) is 0 Å². The Balaban J connectivity index is 1.59. The van der Waals surface area contributed by atoms with Gasteiger partial charge in [-0.1, -0.05) is 44.4 Å². The van der Waals surface area contributed by atoms with E-state index in [9.17, 15) is 23.1 Å². The molecule has 0 saturated heterocycles. The molecule has 3 atom stereocenters. The number of carbonyl (C=O) groups is 2. The zero-order valence-corrected chi connectivity index (χ0v) is 24.2. The Bertz CT molecular complexity index is 1280. The molecule has 1 saturated carbocycles. The summed E-state index contributed by atoms with van der Waals surface area (Å²) in [5.41, 5.74) is 0.677. The number of hydrogen-bond acceptors (Lipinski definition) is 6. The third-order valence-corrected chi connectivity index (χ3v) is 9.59. The van der Waals surface area contributed by atoms with Gasteiger partial charge < -0.3 is 25.4 Å². The van der Waals surface area contributed by atoms with Gasteiger partial charge in [-0.15, -0.1) is 0 Å². The highest BCUT2D eigenvalue weighted by atomic mass is 32.2. The summed E-state index contributed by atoms with van der Waals surface area (Å²) < 4.78 is 34.0. The van der Waals surface area contributed by atoms with E-state index in [-0.39, 0.29) is 54.1 Å². The summed E-state index contributed by atoms with van der Waals surface area (Å²) in [6, 6.07) is 12.4. The Morgan fingerprint density at radius 2 is 1.85 bits per heavy atom. The van der Waals surface area contributed by atoms with Gasteiger partial charge in [-0.25, -0.2) is 13.2 Å². The largest absolute Gasteiger partial charge is 0.488 e. The van der Waals surface area contributed by atoms with E-state index in [1.165, 1.54) is 17.8 Å². The Morgan fingerprint density at radius 1 is 1.15 bits per heavy atom. The molecule has 40 heavy (non-hydrogen) atoms. The predicted octanol–water partition coefficient (Wildman–Crippen LogP) is 3.68. The highest BCUT2D eigenvalue weighted by molar-refractivity contribution is 7.89. The first-order chi connectivity index (χ1) is 19.1. The Kier molecular flexibility index (Phi) is 9.70. The molecule has 3 N–H and O–H groups in total. The smallest absolute Gasteiger partial charge is 0.319 e. The summed E-state index contributed by atoms with van der Waals surface area (Å²) in [6.07, 6.45) is 4.68. The van der Waals surface area contributed by atoms with E-state index in [2.05, 4.69) is 10.6 Å². The number of anilines is 1. The second-order valence-corrected chi connectivity index (χ2v) is 12.9. The highest BCUT2D eigenvalue weighted by Gasteiger charge is 2.35. The molecule has 1 aliphatic carbocycles. The lowest BCUT2D eigenvalue weighted by Gasteiger charge is -2.38. The number of nitrogens with one attached hydrogen (secondary N) is 2. The van der Waals surface area contributed by atoms with Crippen molar-refractivity contribution >= 4 is 27.6 Å². The van der Waals surface area contributed by atoms with Crippen molar-refractivity contribution in [2.24, 2.45) is 5.92 Å². The maximum atomic E-state index is 13.7. The number of aliphatic hydroxyl groups excluding tert-OH is 1. The van der Waals surface area contributed by atoms with Crippen molar-refractivity contribution in [3.63, 3.8) is 0 Å². The molecule has 0 radical (unpaired) electrons. The van der Waals surface area contributed by atoms with Gasteiger partial charge >= 0.3 is 6.03 Å². The lowest BCUT2D eigenvalue weighted by atomic mass is 9.96. The third-order valence-electron chi connectivity index (χ3n) is 7.75. The summed E-state index contributed by atoms with van der Waals surface area (Å²) in [7, 11) is -2.25. The topological polar surface area (TPSA) is 128 Å². The van der Waals surface area contributed by atoms with Gasteiger partial charge in [-0.2, -0.15) is 4.31 Å². The number of fused-ring (bicyclic) bond motifs is 1. The number of ether oxygens (including phenoxy) is 1. The summed E-state index contributed by atoms with van der Waals surface area (Å²) in [5.74, 6) is -0.289. The molecule has 11 heteroatoms. The standard InChI is InChI=1S/C29H40N4O6S/c1-20-17-33(21(2)19-34)28(35)25-16-23(31-29(36)30-22-10-6-4-7-11-22)14-15-26(25)39-27(20)18-32(3)40(37,38)24-12-8-5-9-13-24/h5,8-9,12-16,20-22,27,34H,4,6-7,10-11,17-19H2,1-3H3,(H2,30,31,36)/t20-,21-,27-/m1/s1. The molecule has 0 bridgehead atoms. The van der Waals surface area contributed by atoms with E-state index in [1.807, 2.05) is 6.92 Å². The van der Waals surface area contributed by atoms with Crippen molar-refractivity contribution in [3.8, 4) is 5.75 Å². The Morgan fingerprint density at radius 3 is 2.52 bits per heavy atom. The van der Waals surface area contributed by atoms with E-state index in [0.29, 0.717) is 11.4 Å². The van der Waals surface area contributed by atoms with E-state index in [1.54, 1.807) is 60.4 Å². The number of urea groups is 1. The minimum absolute atomic E-state index is 0.0527. The van der Waals surface area contributed by atoms with Crippen LogP contribution in [-0.2, 0) is 10.0 Å². The van der Waals surface area contributed by atoms with Crippen molar-refractivity contribution in [1.82, 2.24) is 14.5 Å². The molecular formula is C29H40N4O6S. The molecule has 4 rings (SSSR count). The van der Waals surface area contributed by atoms with Crippen LogP contribution in [-0.4, -0.2) is 79.6 Å². The van der Waals surface area contributed by atoms with Crippen LogP contribution in [0.3, 0.4) is 0 Å². The normalized spacial score (nSPS) is 21.1. The van der Waals surface area contributed by atoms with Gasteiger partial charge in [0.15, 0.2) is 0 Å². The van der Waals surface area contributed by atoms with E-state index >= 15 is 0 Å². The maximum absolute atomic E-state index is 13.7. The molecule has 10 nitrogen and oxygen atoms in total. The second-order valence-electron chi connectivity index (χ2n) is 10.9. The number of aliphatic hydroxyl groups is 1. The molecule has 2 aliphatic rings. The lowest BCUT2D eigenvalue weighted by Crippen LogP contribution is -2.50. The fourth-order valence-electron chi connectivity index (χ4n) is 5.24. The lowest BCUT2D eigenvalue weighted by molar-refractivity contribution is 0.0387. The Labute approximate surface area is 236 Å². The average molecular weight is 573 g/mol. The molecule has 3 amide bonds. The Hall–Kier alpha value is -3.15. The fraction of sp³-hybridized carbons (Fsp3) is 0.517. The number of likely N-dealkylation sites (N-methyl/N-ethyl adjacent to an activating group) is 1. The first kappa shape index (κ1) is 29.8. The summed E-state index contributed by atoms with van der Waals surface area (Å²) in [5, 5.41) is 15.7. The highest BCUT2D eigenvalue weighted by Crippen LogP contribution is 2.31. The summed E-state index contributed by atoms with van der Waals surface area (Å²) in [6.45, 7) is 3.73. The van der Waals surface area contributed by atoms with Crippen molar-refractivity contribution in [3.05, 3.63) is 54.1 Å². The van der Waals surface area contributed by atoms with Gasteiger partial charge in [0.05, 0.1) is 29.7 Å².